The third-order valence-electron chi connectivity index (χ3n) is 5.06. The summed E-state index contributed by atoms with van der Waals surface area (Å²) in [5.74, 6) is 1.17. The third-order valence-corrected chi connectivity index (χ3v) is 5.06. The van der Waals surface area contributed by atoms with E-state index in [1.807, 2.05) is 18.2 Å². The molecule has 1 saturated carbocycles. The first kappa shape index (κ1) is 13.7. The Kier molecular flexibility index (Phi) is 2.63. The minimum Gasteiger partial charge on any atom is -0.370 e. The monoisotopic (exact) mass is 320 g/mol. The van der Waals surface area contributed by atoms with Crippen LogP contribution in [0.25, 0.3) is 11.0 Å². The van der Waals surface area contributed by atoms with Crippen LogP contribution >= 0.6 is 0 Å². The van der Waals surface area contributed by atoms with Gasteiger partial charge in [-0.25, -0.2) is 9.98 Å². The Hall–Kier alpha value is -2.76. The van der Waals surface area contributed by atoms with Crippen LogP contribution in [0.1, 0.15) is 42.0 Å². The lowest BCUT2D eigenvalue weighted by atomic mass is 10.1. The predicted molar refractivity (Wildman–Crippen MR) is 95.3 cm³/mol. The molecule has 1 unspecified atom stereocenters. The number of imidazole rings is 1. The van der Waals surface area contributed by atoms with Gasteiger partial charge in [-0.15, -0.1) is 0 Å². The molecule has 3 N–H and O–H groups in total. The molecule has 1 aliphatic heterocycles. The normalized spacial score (nSPS) is 19.9. The Labute approximate surface area is 140 Å². The lowest BCUT2D eigenvalue weighted by Crippen LogP contribution is -2.31. The van der Waals surface area contributed by atoms with Gasteiger partial charge >= 0.3 is 0 Å². The molecule has 2 aliphatic rings. The van der Waals surface area contributed by atoms with Crippen LogP contribution in [0.5, 0.6) is 0 Å². The number of fused-ring (bicyclic) bond motifs is 3. The van der Waals surface area contributed by atoms with Gasteiger partial charge in [-0.2, -0.15) is 0 Å². The number of aryl methyl sites for hydroxylation is 1. The van der Waals surface area contributed by atoms with Gasteiger partial charge in [0, 0.05) is 23.0 Å². The molecular formula is C18H20N6. The van der Waals surface area contributed by atoms with Gasteiger partial charge in [-0.05, 0) is 44.9 Å². The Balaban J connectivity index is 1.74. The lowest BCUT2D eigenvalue weighted by molar-refractivity contribution is 0.613. The van der Waals surface area contributed by atoms with E-state index in [-0.39, 0.29) is 6.17 Å². The fourth-order valence-electron chi connectivity index (χ4n) is 3.88. The van der Waals surface area contributed by atoms with E-state index >= 15 is 0 Å². The summed E-state index contributed by atoms with van der Waals surface area (Å²) in [6.45, 7) is 4.36. The molecule has 3 aromatic rings. The minimum atomic E-state index is -0.174. The van der Waals surface area contributed by atoms with Gasteiger partial charge in [0.1, 0.15) is 0 Å². The average Bonchev–Trinajstić information content (AvgIpc) is 3.24. The standard InChI is InChI=1S/C18H20N6/c1-10-9-13(11(2)23(10)12-7-8-12)16-21-17(19)22-18-20-14-5-3-4-6-15(14)24(16)18/h3-6,9,12,16H,7-8H2,1-2H3,(H3,19,20,21,22). The van der Waals surface area contributed by atoms with Gasteiger partial charge in [0.05, 0.1) is 11.0 Å². The summed E-state index contributed by atoms with van der Waals surface area (Å²) in [7, 11) is 0. The summed E-state index contributed by atoms with van der Waals surface area (Å²) in [4.78, 5) is 9.37. The third kappa shape index (κ3) is 1.82. The minimum absolute atomic E-state index is 0.174. The van der Waals surface area contributed by atoms with Crippen LogP contribution in [-0.2, 0) is 0 Å². The number of aromatic nitrogens is 3. The summed E-state index contributed by atoms with van der Waals surface area (Å²) in [6, 6.07) is 11.0. The van der Waals surface area contributed by atoms with Gasteiger partial charge in [-0.3, -0.25) is 9.88 Å². The van der Waals surface area contributed by atoms with E-state index < -0.39 is 0 Å². The number of anilines is 1. The van der Waals surface area contributed by atoms with Crippen LogP contribution in [0.2, 0.25) is 0 Å². The fourth-order valence-corrected chi connectivity index (χ4v) is 3.88. The zero-order chi connectivity index (χ0) is 16.4. The molecule has 1 atom stereocenters. The fraction of sp³-hybridized carbons (Fsp3) is 0.333. The molecule has 5 rings (SSSR count). The number of hydrogen-bond acceptors (Lipinski definition) is 4. The summed E-state index contributed by atoms with van der Waals surface area (Å²) in [5.41, 5.74) is 11.8. The van der Waals surface area contributed by atoms with Crippen LogP contribution in [0, 0.1) is 13.8 Å². The molecule has 0 spiro atoms. The quantitative estimate of drug-likeness (QED) is 0.762. The second-order valence-corrected chi connectivity index (χ2v) is 6.73. The van der Waals surface area contributed by atoms with Gasteiger partial charge < -0.3 is 10.3 Å². The highest BCUT2D eigenvalue weighted by atomic mass is 15.4. The van der Waals surface area contributed by atoms with Crippen LogP contribution in [0.3, 0.4) is 0 Å². The second-order valence-electron chi connectivity index (χ2n) is 6.73. The number of guanidine groups is 1. The Morgan fingerprint density at radius 1 is 1.17 bits per heavy atom. The molecule has 3 heterocycles. The Bertz CT molecular complexity index is 989. The average molecular weight is 320 g/mol. The lowest BCUT2D eigenvalue weighted by Gasteiger charge is -2.24. The van der Waals surface area contributed by atoms with Crippen molar-refractivity contribution in [2.75, 3.05) is 5.32 Å². The molecule has 0 amide bonds. The van der Waals surface area contributed by atoms with Crippen molar-refractivity contribution < 1.29 is 0 Å². The van der Waals surface area contributed by atoms with E-state index in [0.29, 0.717) is 12.0 Å². The first-order valence-electron chi connectivity index (χ1n) is 8.39. The number of benzene rings is 1. The highest BCUT2D eigenvalue weighted by Crippen LogP contribution is 2.41. The maximum absolute atomic E-state index is 6.04. The van der Waals surface area contributed by atoms with Crippen molar-refractivity contribution in [3.8, 4) is 0 Å². The van der Waals surface area contributed by atoms with E-state index in [4.69, 9.17) is 10.7 Å². The van der Waals surface area contributed by atoms with E-state index in [0.717, 1.165) is 17.0 Å². The molecule has 2 aromatic heterocycles. The van der Waals surface area contributed by atoms with Gasteiger partial charge in [0.25, 0.3) is 0 Å². The van der Waals surface area contributed by atoms with Crippen molar-refractivity contribution in [3.63, 3.8) is 0 Å². The maximum atomic E-state index is 6.04. The van der Waals surface area contributed by atoms with E-state index in [2.05, 4.69) is 45.4 Å². The number of aliphatic imine (C=N–C) groups is 1. The molecule has 1 fully saturated rings. The zero-order valence-electron chi connectivity index (χ0n) is 13.8. The predicted octanol–water partition coefficient (Wildman–Crippen LogP) is 3.08. The first-order chi connectivity index (χ1) is 11.6. The Morgan fingerprint density at radius 3 is 2.75 bits per heavy atom. The zero-order valence-corrected chi connectivity index (χ0v) is 13.8. The number of para-hydroxylation sites is 2. The number of nitrogens with zero attached hydrogens (tertiary/aromatic N) is 4. The van der Waals surface area contributed by atoms with Crippen LogP contribution in [0.4, 0.5) is 5.95 Å². The largest absolute Gasteiger partial charge is 0.370 e. The molecule has 1 aromatic carbocycles. The SMILES string of the molecule is Cc1cc(C2N=C(N)Nc3nc4ccccc4n32)c(C)n1C1CC1. The summed E-state index contributed by atoms with van der Waals surface area (Å²) >= 11 is 0. The molecule has 24 heavy (non-hydrogen) atoms. The number of nitrogens with one attached hydrogen (secondary N) is 1. The van der Waals surface area contributed by atoms with Crippen molar-refractivity contribution in [1.82, 2.24) is 14.1 Å². The Morgan fingerprint density at radius 2 is 1.96 bits per heavy atom. The van der Waals surface area contributed by atoms with Gasteiger partial charge in [-0.1, -0.05) is 12.1 Å². The number of nitrogens with two attached hydrogens (primary N) is 1. The van der Waals surface area contributed by atoms with Gasteiger partial charge in [0.2, 0.25) is 5.95 Å². The molecular weight excluding hydrogens is 300 g/mol. The topological polar surface area (TPSA) is 73.2 Å². The summed E-state index contributed by atoms with van der Waals surface area (Å²) in [6.07, 6.45) is 2.37. The van der Waals surface area contributed by atoms with E-state index in [1.54, 1.807) is 0 Å². The number of rotatable bonds is 2. The van der Waals surface area contributed by atoms with Crippen molar-refractivity contribution in [2.45, 2.75) is 38.9 Å². The van der Waals surface area contributed by atoms with Gasteiger partial charge in [0.15, 0.2) is 12.1 Å². The maximum Gasteiger partial charge on any atom is 0.212 e. The van der Waals surface area contributed by atoms with E-state index in [1.165, 1.54) is 29.8 Å². The molecule has 122 valence electrons. The van der Waals surface area contributed by atoms with Crippen LogP contribution in [0.15, 0.2) is 35.3 Å². The molecule has 0 radical (unpaired) electrons. The highest BCUT2D eigenvalue weighted by Gasteiger charge is 2.31. The van der Waals surface area contributed by atoms with Crippen molar-refractivity contribution in [2.24, 2.45) is 10.7 Å². The summed E-state index contributed by atoms with van der Waals surface area (Å²) in [5, 5.41) is 3.10. The van der Waals surface area contributed by atoms with Crippen molar-refractivity contribution in [3.05, 3.63) is 47.3 Å². The van der Waals surface area contributed by atoms with Crippen LogP contribution < -0.4 is 11.1 Å². The molecule has 6 nitrogen and oxygen atoms in total. The van der Waals surface area contributed by atoms with Crippen LogP contribution in [-0.4, -0.2) is 20.1 Å². The number of hydrogen-bond donors (Lipinski definition) is 2. The van der Waals surface area contributed by atoms with Crippen molar-refractivity contribution >= 4 is 22.9 Å². The van der Waals surface area contributed by atoms with Crippen molar-refractivity contribution in [1.29, 1.82) is 0 Å². The molecule has 6 heteroatoms. The molecule has 1 aliphatic carbocycles. The first-order valence-corrected chi connectivity index (χ1v) is 8.39. The summed E-state index contributed by atoms with van der Waals surface area (Å²) < 4.78 is 4.59. The molecule has 0 saturated heterocycles. The molecule has 0 bridgehead atoms. The van der Waals surface area contributed by atoms with E-state index in [9.17, 15) is 0 Å². The smallest absolute Gasteiger partial charge is 0.212 e. The highest BCUT2D eigenvalue weighted by molar-refractivity contribution is 5.94. The second kappa shape index (κ2) is 4.63.